The quantitative estimate of drug-likeness (QED) is 0.725. The monoisotopic (exact) mass is 218 g/mol. The molecular formula is C14H18O2. The molecule has 0 aromatic heterocycles. The zero-order valence-electron chi connectivity index (χ0n) is 9.47. The van der Waals surface area contributed by atoms with E-state index in [0.29, 0.717) is 5.92 Å². The van der Waals surface area contributed by atoms with Gasteiger partial charge in [0.25, 0.3) is 0 Å². The van der Waals surface area contributed by atoms with Crippen LogP contribution in [0.3, 0.4) is 0 Å². The average molecular weight is 218 g/mol. The summed E-state index contributed by atoms with van der Waals surface area (Å²) in [6.45, 7) is 0. The Bertz CT molecular complexity index is 315. The van der Waals surface area contributed by atoms with Crippen molar-refractivity contribution in [2.45, 2.75) is 38.2 Å². The second kappa shape index (κ2) is 5.69. The van der Waals surface area contributed by atoms with Gasteiger partial charge in [-0.15, -0.1) is 0 Å². The van der Waals surface area contributed by atoms with Crippen LogP contribution < -0.4 is 4.74 Å². The van der Waals surface area contributed by atoms with Crippen LogP contribution in [0.4, 0.5) is 0 Å². The van der Waals surface area contributed by atoms with Crippen LogP contribution in [0.5, 0.6) is 5.75 Å². The number of hydrogen-bond donors (Lipinski definition) is 0. The predicted molar refractivity (Wildman–Crippen MR) is 63.5 cm³/mol. The molecule has 2 heteroatoms. The lowest BCUT2D eigenvalue weighted by molar-refractivity contribution is -0.116. The molecule has 1 fully saturated rings. The minimum Gasteiger partial charge on any atom is -0.483 e. The van der Waals surface area contributed by atoms with Crippen LogP contribution in [0, 0.1) is 5.92 Å². The van der Waals surface area contributed by atoms with E-state index >= 15 is 0 Å². The van der Waals surface area contributed by atoms with Gasteiger partial charge in [-0.1, -0.05) is 37.5 Å². The van der Waals surface area contributed by atoms with Crippen molar-refractivity contribution >= 4 is 6.29 Å². The van der Waals surface area contributed by atoms with Crippen molar-refractivity contribution in [1.82, 2.24) is 0 Å². The summed E-state index contributed by atoms with van der Waals surface area (Å²) in [5, 5.41) is 0. The third-order valence-corrected chi connectivity index (χ3v) is 3.26. The van der Waals surface area contributed by atoms with Gasteiger partial charge in [-0.3, -0.25) is 4.79 Å². The van der Waals surface area contributed by atoms with Crippen molar-refractivity contribution in [3.63, 3.8) is 0 Å². The van der Waals surface area contributed by atoms with E-state index in [2.05, 4.69) is 0 Å². The first kappa shape index (κ1) is 11.2. The summed E-state index contributed by atoms with van der Waals surface area (Å²) in [4.78, 5) is 11.1. The molecule has 0 amide bonds. The van der Waals surface area contributed by atoms with Crippen LogP contribution in [-0.2, 0) is 4.79 Å². The molecule has 0 aliphatic heterocycles. The molecule has 86 valence electrons. The van der Waals surface area contributed by atoms with E-state index in [0.717, 1.165) is 24.9 Å². The van der Waals surface area contributed by atoms with E-state index in [1.165, 1.54) is 19.3 Å². The van der Waals surface area contributed by atoms with Crippen molar-refractivity contribution in [1.29, 1.82) is 0 Å². The smallest absolute Gasteiger partial charge is 0.160 e. The maximum absolute atomic E-state index is 11.1. The molecule has 1 aliphatic carbocycles. The van der Waals surface area contributed by atoms with E-state index in [9.17, 15) is 4.79 Å². The fourth-order valence-corrected chi connectivity index (χ4v) is 2.35. The maximum Gasteiger partial charge on any atom is 0.160 e. The molecule has 0 spiro atoms. The molecule has 1 aromatic carbocycles. The minimum atomic E-state index is -0.261. The fourth-order valence-electron chi connectivity index (χ4n) is 2.35. The first-order valence-corrected chi connectivity index (χ1v) is 6.07. The van der Waals surface area contributed by atoms with Gasteiger partial charge < -0.3 is 4.74 Å². The van der Waals surface area contributed by atoms with Crippen molar-refractivity contribution < 1.29 is 9.53 Å². The number of aldehydes is 1. The number of para-hydroxylation sites is 1. The highest BCUT2D eigenvalue weighted by Crippen LogP contribution is 2.28. The molecular weight excluding hydrogens is 200 g/mol. The van der Waals surface area contributed by atoms with Crippen molar-refractivity contribution in [3.05, 3.63) is 30.3 Å². The molecule has 1 aliphatic rings. The number of carbonyl (C=O) groups excluding carboxylic acids is 1. The second-order valence-electron chi connectivity index (χ2n) is 4.43. The Morgan fingerprint density at radius 3 is 2.44 bits per heavy atom. The summed E-state index contributed by atoms with van der Waals surface area (Å²) in [6, 6.07) is 9.61. The van der Waals surface area contributed by atoms with Crippen molar-refractivity contribution in [3.8, 4) is 5.75 Å². The lowest BCUT2D eigenvalue weighted by Gasteiger charge is -2.27. The standard InChI is InChI=1S/C14H18O2/c15-11-14(12-7-3-1-4-8-12)16-13-9-5-2-6-10-13/h2,5-6,9-12,14H,1,3-4,7-8H2. The number of rotatable bonds is 4. The molecule has 2 nitrogen and oxygen atoms in total. The zero-order valence-corrected chi connectivity index (χ0v) is 9.47. The molecule has 0 N–H and O–H groups in total. The Labute approximate surface area is 96.6 Å². The first-order valence-electron chi connectivity index (χ1n) is 6.07. The molecule has 0 saturated heterocycles. The van der Waals surface area contributed by atoms with E-state index in [1.807, 2.05) is 30.3 Å². The van der Waals surface area contributed by atoms with Crippen LogP contribution in [0.25, 0.3) is 0 Å². The van der Waals surface area contributed by atoms with Gasteiger partial charge in [0, 0.05) is 5.92 Å². The highest BCUT2D eigenvalue weighted by molar-refractivity contribution is 5.57. The Balaban J connectivity index is 1.97. The summed E-state index contributed by atoms with van der Waals surface area (Å²) in [7, 11) is 0. The van der Waals surface area contributed by atoms with Crippen molar-refractivity contribution in [2.75, 3.05) is 0 Å². The third-order valence-electron chi connectivity index (χ3n) is 3.26. The Kier molecular flexibility index (Phi) is 3.97. The lowest BCUT2D eigenvalue weighted by atomic mass is 9.85. The van der Waals surface area contributed by atoms with E-state index < -0.39 is 0 Å². The van der Waals surface area contributed by atoms with Gasteiger partial charge in [0.05, 0.1) is 0 Å². The van der Waals surface area contributed by atoms with E-state index in [-0.39, 0.29) is 6.10 Å². The lowest BCUT2D eigenvalue weighted by Crippen LogP contribution is -2.30. The van der Waals surface area contributed by atoms with Crippen molar-refractivity contribution in [2.24, 2.45) is 5.92 Å². The maximum atomic E-state index is 11.1. The number of ether oxygens (including phenoxy) is 1. The number of benzene rings is 1. The average Bonchev–Trinajstić information content (AvgIpc) is 2.38. The fraction of sp³-hybridized carbons (Fsp3) is 0.500. The third kappa shape index (κ3) is 2.84. The van der Waals surface area contributed by atoms with E-state index in [1.54, 1.807) is 0 Å². The molecule has 0 heterocycles. The summed E-state index contributed by atoms with van der Waals surface area (Å²) in [5.41, 5.74) is 0. The second-order valence-corrected chi connectivity index (χ2v) is 4.43. The van der Waals surface area contributed by atoms with Gasteiger partial charge in [0.2, 0.25) is 0 Å². The molecule has 1 aromatic rings. The summed E-state index contributed by atoms with van der Waals surface area (Å²) >= 11 is 0. The van der Waals surface area contributed by atoms with Crippen LogP contribution in [-0.4, -0.2) is 12.4 Å². The SMILES string of the molecule is O=CC(Oc1ccccc1)C1CCCCC1. The van der Waals surface area contributed by atoms with Gasteiger partial charge in [-0.25, -0.2) is 0 Å². The summed E-state index contributed by atoms with van der Waals surface area (Å²) in [5.74, 6) is 1.21. The van der Waals surface area contributed by atoms with Crippen LogP contribution >= 0.6 is 0 Å². The van der Waals surface area contributed by atoms with Crippen LogP contribution in [0.1, 0.15) is 32.1 Å². The minimum absolute atomic E-state index is 0.261. The largest absolute Gasteiger partial charge is 0.483 e. The summed E-state index contributed by atoms with van der Waals surface area (Å²) in [6.07, 6.45) is 6.70. The number of carbonyl (C=O) groups is 1. The van der Waals surface area contributed by atoms with Gasteiger partial charge in [0.15, 0.2) is 12.4 Å². The Hall–Kier alpha value is -1.31. The van der Waals surface area contributed by atoms with Crippen LogP contribution in [0.15, 0.2) is 30.3 Å². The van der Waals surface area contributed by atoms with Gasteiger partial charge in [0.1, 0.15) is 5.75 Å². The molecule has 1 saturated carbocycles. The van der Waals surface area contributed by atoms with E-state index in [4.69, 9.17) is 4.74 Å². The first-order chi connectivity index (χ1) is 7.90. The zero-order chi connectivity index (χ0) is 11.2. The molecule has 16 heavy (non-hydrogen) atoms. The summed E-state index contributed by atoms with van der Waals surface area (Å²) < 4.78 is 5.74. The molecule has 2 rings (SSSR count). The topological polar surface area (TPSA) is 26.3 Å². The normalized spacial score (nSPS) is 19.0. The molecule has 0 bridgehead atoms. The predicted octanol–water partition coefficient (Wildman–Crippen LogP) is 3.21. The van der Waals surface area contributed by atoms with Gasteiger partial charge in [-0.05, 0) is 25.0 Å². The Morgan fingerprint density at radius 2 is 1.81 bits per heavy atom. The molecule has 0 radical (unpaired) electrons. The molecule has 1 unspecified atom stereocenters. The Morgan fingerprint density at radius 1 is 1.12 bits per heavy atom. The molecule has 1 atom stereocenters. The van der Waals surface area contributed by atoms with Gasteiger partial charge in [-0.2, -0.15) is 0 Å². The highest BCUT2D eigenvalue weighted by Gasteiger charge is 2.24. The number of hydrogen-bond acceptors (Lipinski definition) is 2. The van der Waals surface area contributed by atoms with Gasteiger partial charge >= 0.3 is 0 Å². The highest BCUT2D eigenvalue weighted by atomic mass is 16.5. The van der Waals surface area contributed by atoms with Crippen LogP contribution in [0.2, 0.25) is 0 Å².